The van der Waals surface area contributed by atoms with Crippen molar-refractivity contribution >= 4 is 11.6 Å². The molecule has 4 heteroatoms. The molecule has 0 aromatic carbocycles. The Bertz CT molecular complexity index is 512. The lowest BCUT2D eigenvalue weighted by molar-refractivity contribution is 0.0487. The second kappa shape index (κ2) is 5.52. The first kappa shape index (κ1) is 15.0. The Morgan fingerprint density at radius 1 is 1.50 bits per heavy atom. The first-order valence-corrected chi connectivity index (χ1v) is 7.31. The van der Waals surface area contributed by atoms with Gasteiger partial charge in [0.2, 0.25) is 0 Å². The highest BCUT2D eigenvalue weighted by molar-refractivity contribution is 6.06. The Labute approximate surface area is 121 Å². The van der Waals surface area contributed by atoms with Crippen LogP contribution in [0.4, 0.5) is 5.82 Å². The lowest BCUT2D eigenvalue weighted by Gasteiger charge is -2.44. The van der Waals surface area contributed by atoms with Gasteiger partial charge in [-0.05, 0) is 51.4 Å². The fourth-order valence-electron chi connectivity index (χ4n) is 3.35. The SMILES string of the molecule is Cc1cnc(N)c(C(=O)C2(N(C)C)CCCC(C)C2)c1. The molecule has 2 atom stereocenters. The predicted molar refractivity (Wildman–Crippen MR) is 81.8 cm³/mol. The molecule has 2 N–H and O–H groups in total. The van der Waals surface area contributed by atoms with E-state index in [0.717, 1.165) is 24.8 Å². The number of pyridine rings is 1. The van der Waals surface area contributed by atoms with E-state index < -0.39 is 5.54 Å². The number of hydrogen-bond acceptors (Lipinski definition) is 4. The van der Waals surface area contributed by atoms with E-state index in [1.54, 1.807) is 6.20 Å². The van der Waals surface area contributed by atoms with Crippen LogP contribution in [0.5, 0.6) is 0 Å². The fraction of sp³-hybridized carbons (Fsp3) is 0.625. The van der Waals surface area contributed by atoms with E-state index in [9.17, 15) is 4.79 Å². The third-order valence-corrected chi connectivity index (χ3v) is 4.55. The van der Waals surface area contributed by atoms with Crippen LogP contribution in [0, 0.1) is 12.8 Å². The summed E-state index contributed by atoms with van der Waals surface area (Å²) in [7, 11) is 3.99. The normalized spacial score (nSPS) is 26.8. The quantitative estimate of drug-likeness (QED) is 0.862. The molecule has 0 saturated heterocycles. The molecule has 1 aromatic rings. The molecule has 1 fully saturated rings. The summed E-state index contributed by atoms with van der Waals surface area (Å²) in [5.41, 5.74) is 7.06. The lowest BCUT2D eigenvalue weighted by atomic mass is 9.71. The van der Waals surface area contributed by atoms with Gasteiger partial charge in [0.1, 0.15) is 5.82 Å². The maximum absolute atomic E-state index is 13.1. The molecule has 0 aliphatic heterocycles. The Morgan fingerprint density at radius 3 is 2.80 bits per heavy atom. The second-order valence-corrected chi connectivity index (χ2v) is 6.40. The molecule has 1 saturated carbocycles. The molecular weight excluding hydrogens is 250 g/mol. The predicted octanol–water partition coefficient (Wildman–Crippen LogP) is 2.67. The van der Waals surface area contributed by atoms with Crippen LogP contribution in [0.25, 0.3) is 0 Å². The summed E-state index contributed by atoms with van der Waals surface area (Å²) in [5.74, 6) is 1.04. The van der Waals surface area contributed by atoms with Gasteiger partial charge in [0.05, 0.1) is 11.1 Å². The number of anilines is 1. The van der Waals surface area contributed by atoms with Crippen LogP contribution < -0.4 is 5.73 Å². The molecule has 4 nitrogen and oxygen atoms in total. The Morgan fingerprint density at radius 2 is 2.20 bits per heavy atom. The van der Waals surface area contributed by atoms with Gasteiger partial charge in [0.25, 0.3) is 0 Å². The van der Waals surface area contributed by atoms with Gasteiger partial charge in [-0.1, -0.05) is 19.8 Å². The van der Waals surface area contributed by atoms with Gasteiger partial charge in [0.15, 0.2) is 5.78 Å². The molecule has 1 heterocycles. The van der Waals surface area contributed by atoms with Crippen molar-refractivity contribution in [2.75, 3.05) is 19.8 Å². The monoisotopic (exact) mass is 275 g/mol. The molecule has 1 aromatic heterocycles. The van der Waals surface area contributed by atoms with Gasteiger partial charge in [-0.3, -0.25) is 9.69 Å². The third kappa shape index (κ3) is 2.57. The smallest absolute Gasteiger partial charge is 0.186 e. The zero-order chi connectivity index (χ0) is 14.9. The molecule has 0 amide bonds. The molecule has 1 aliphatic carbocycles. The lowest BCUT2D eigenvalue weighted by Crippen LogP contribution is -2.54. The zero-order valence-corrected chi connectivity index (χ0v) is 12.9. The molecule has 2 unspecified atom stereocenters. The van der Waals surface area contributed by atoms with Crippen molar-refractivity contribution in [3.8, 4) is 0 Å². The maximum atomic E-state index is 13.1. The van der Waals surface area contributed by atoms with Crippen molar-refractivity contribution in [1.29, 1.82) is 0 Å². The Kier molecular flexibility index (Phi) is 4.14. The highest BCUT2D eigenvalue weighted by Gasteiger charge is 2.44. The van der Waals surface area contributed by atoms with Crippen molar-refractivity contribution in [1.82, 2.24) is 9.88 Å². The topological polar surface area (TPSA) is 59.2 Å². The van der Waals surface area contributed by atoms with Crippen molar-refractivity contribution in [3.05, 3.63) is 23.4 Å². The van der Waals surface area contributed by atoms with E-state index in [1.165, 1.54) is 6.42 Å². The molecule has 0 spiro atoms. The molecule has 110 valence electrons. The number of aromatic nitrogens is 1. The van der Waals surface area contributed by atoms with E-state index in [1.807, 2.05) is 27.1 Å². The van der Waals surface area contributed by atoms with Gasteiger partial charge in [0, 0.05) is 6.20 Å². The Balaban J connectivity index is 2.44. The minimum atomic E-state index is -0.429. The summed E-state index contributed by atoms with van der Waals surface area (Å²) in [4.78, 5) is 19.3. The number of ketones is 1. The number of likely N-dealkylation sites (N-methyl/N-ethyl adjacent to an activating group) is 1. The van der Waals surface area contributed by atoms with Crippen LogP contribution in [-0.4, -0.2) is 35.3 Å². The minimum Gasteiger partial charge on any atom is -0.383 e. The average Bonchev–Trinajstić information content (AvgIpc) is 2.40. The van der Waals surface area contributed by atoms with E-state index in [4.69, 9.17) is 5.73 Å². The van der Waals surface area contributed by atoms with E-state index in [2.05, 4.69) is 16.8 Å². The van der Waals surface area contributed by atoms with E-state index >= 15 is 0 Å². The summed E-state index contributed by atoms with van der Waals surface area (Å²) in [5, 5.41) is 0. The molecule has 0 radical (unpaired) electrons. The molecular formula is C16H25N3O. The third-order valence-electron chi connectivity index (χ3n) is 4.55. The van der Waals surface area contributed by atoms with E-state index in [0.29, 0.717) is 17.3 Å². The summed E-state index contributed by atoms with van der Waals surface area (Å²) in [6.45, 7) is 4.16. The summed E-state index contributed by atoms with van der Waals surface area (Å²) in [6, 6.07) is 1.87. The summed E-state index contributed by atoms with van der Waals surface area (Å²) >= 11 is 0. The van der Waals surface area contributed by atoms with Crippen LogP contribution in [0.1, 0.15) is 48.5 Å². The maximum Gasteiger partial charge on any atom is 0.186 e. The second-order valence-electron chi connectivity index (χ2n) is 6.40. The van der Waals surface area contributed by atoms with Gasteiger partial charge in [-0.15, -0.1) is 0 Å². The van der Waals surface area contributed by atoms with Crippen LogP contribution >= 0.6 is 0 Å². The average molecular weight is 275 g/mol. The van der Waals surface area contributed by atoms with Crippen molar-refractivity contribution in [2.45, 2.75) is 45.1 Å². The summed E-state index contributed by atoms with van der Waals surface area (Å²) in [6.07, 6.45) is 5.79. The largest absolute Gasteiger partial charge is 0.383 e. The standard InChI is InChI=1S/C16H25N3O/c1-11-6-5-7-16(9-11,19(3)4)14(20)13-8-12(2)10-18-15(13)17/h8,10-11H,5-7,9H2,1-4H3,(H2,17,18). The molecule has 0 bridgehead atoms. The first-order chi connectivity index (χ1) is 9.36. The van der Waals surface area contributed by atoms with Gasteiger partial charge in [-0.25, -0.2) is 4.98 Å². The summed E-state index contributed by atoms with van der Waals surface area (Å²) < 4.78 is 0. The first-order valence-electron chi connectivity index (χ1n) is 7.31. The number of hydrogen-bond donors (Lipinski definition) is 1. The van der Waals surface area contributed by atoms with Crippen LogP contribution in [0.3, 0.4) is 0 Å². The zero-order valence-electron chi connectivity index (χ0n) is 12.9. The molecule has 20 heavy (non-hydrogen) atoms. The molecule has 1 aliphatic rings. The van der Waals surface area contributed by atoms with Gasteiger partial charge in [-0.2, -0.15) is 0 Å². The Hall–Kier alpha value is -1.42. The highest BCUT2D eigenvalue weighted by Crippen LogP contribution is 2.38. The fourth-order valence-corrected chi connectivity index (χ4v) is 3.35. The highest BCUT2D eigenvalue weighted by atomic mass is 16.1. The number of Topliss-reactive ketones (excluding diaryl/α,β-unsaturated/α-hetero) is 1. The van der Waals surface area contributed by atoms with E-state index in [-0.39, 0.29) is 5.78 Å². The molecule has 2 rings (SSSR count). The van der Waals surface area contributed by atoms with Gasteiger partial charge < -0.3 is 5.73 Å². The number of carbonyl (C=O) groups excluding carboxylic acids is 1. The number of rotatable bonds is 3. The van der Waals surface area contributed by atoms with Crippen molar-refractivity contribution in [2.24, 2.45) is 5.92 Å². The number of carbonyl (C=O) groups is 1. The van der Waals surface area contributed by atoms with Crippen LogP contribution in [-0.2, 0) is 0 Å². The van der Waals surface area contributed by atoms with Crippen LogP contribution in [0.15, 0.2) is 12.3 Å². The van der Waals surface area contributed by atoms with Crippen LogP contribution in [0.2, 0.25) is 0 Å². The number of nitrogen functional groups attached to an aromatic ring is 1. The minimum absolute atomic E-state index is 0.128. The van der Waals surface area contributed by atoms with Gasteiger partial charge >= 0.3 is 0 Å². The van der Waals surface area contributed by atoms with Crippen molar-refractivity contribution in [3.63, 3.8) is 0 Å². The number of nitrogens with zero attached hydrogens (tertiary/aromatic N) is 2. The number of aryl methyl sites for hydroxylation is 1. The number of nitrogens with two attached hydrogens (primary N) is 1. The van der Waals surface area contributed by atoms with Crippen molar-refractivity contribution < 1.29 is 4.79 Å².